The van der Waals surface area contributed by atoms with Crippen molar-refractivity contribution in [3.05, 3.63) is 64.7 Å². The molecule has 0 aliphatic carbocycles. The number of hydrogen-bond donors (Lipinski definition) is 0. The van der Waals surface area contributed by atoms with Crippen molar-refractivity contribution < 1.29 is 19.3 Å². The standard InChI is InChI=1S/C20H19N3O5/c1-2-8-16-17-18(28-22(16)13-9-4-3-5-10-13)20(25)21(19(17)24)14-11-6-7-12-15(14)23(26)27/h3-7,9-12,16-18H,2,8H2,1H3/t16-,17+,18-/m1/s1. The highest BCUT2D eigenvalue weighted by atomic mass is 16.7. The number of hydroxylamine groups is 1. The quantitative estimate of drug-likeness (QED) is 0.449. The Bertz CT molecular complexity index is 932. The summed E-state index contributed by atoms with van der Waals surface area (Å²) in [6.07, 6.45) is 0.469. The Morgan fingerprint density at radius 2 is 1.71 bits per heavy atom. The van der Waals surface area contributed by atoms with Crippen LogP contribution in [0, 0.1) is 16.0 Å². The normalized spacial score (nSPS) is 24.0. The van der Waals surface area contributed by atoms with Crippen molar-refractivity contribution in [2.45, 2.75) is 31.9 Å². The lowest BCUT2D eigenvalue weighted by molar-refractivity contribution is -0.384. The maximum atomic E-state index is 13.2. The zero-order chi connectivity index (χ0) is 19.8. The highest BCUT2D eigenvalue weighted by molar-refractivity contribution is 6.24. The van der Waals surface area contributed by atoms with E-state index in [0.29, 0.717) is 6.42 Å². The SMILES string of the molecule is CCC[C@@H]1[C@@H]2C(=O)N(c3ccccc3[N+](=O)[O-])C(=O)[C@@H]2ON1c1ccccc1. The zero-order valence-electron chi connectivity index (χ0n) is 15.2. The number of amides is 2. The molecule has 0 aromatic heterocycles. The fourth-order valence-corrected chi connectivity index (χ4v) is 3.96. The second kappa shape index (κ2) is 7.05. The van der Waals surface area contributed by atoms with Gasteiger partial charge in [-0.3, -0.25) is 24.5 Å². The molecule has 0 unspecified atom stereocenters. The van der Waals surface area contributed by atoms with Crippen molar-refractivity contribution in [2.24, 2.45) is 5.92 Å². The van der Waals surface area contributed by atoms with Crippen LogP contribution in [0.4, 0.5) is 17.1 Å². The maximum absolute atomic E-state index is 13.2. The number of benzene rings is 2. The van der Waals surface area contributed by atoms with Gasteiger partial charge in [0.15, 0.2) is 6.10 Å². The minimum Gasteiger partial charge on any atom is -0.273 e. The van der Waals surface area contributed by atoms with Gasteiger partial charge in [-0.1, -0.05) is 43.7 Å². The molecule has 0 bridgehead atoms. The summed E-state index contributed by atoms with van der Waals surface area (Å²) in [5.74, 6) is -1.72. The summed E-state index contributed by atoms with van der Waals surface area (Å²) < 4.78 is 0. The van der Waals surface area contributed by atoms with Crippen molar-refractivity contribution >= 4 is 28.9 Å². The topological polar surface area (TPSA) is 93.0 Å². The Balaban J connectivity index is 1.72. The molecule has 4 rings (SSSR count). The minimum absolute atomic E-state index is 0.0120. The Morgan fingerprint density at radius 3 is 2.39 bits per heavy atom. The number of fused-ring (bicyclic) bond motifs is 1. The molecular formula is C20H19N3O5. The number of nitro benzene ring substituents is 1. The third kappa shape index (κ3) is 2.73. The van der Waals surface area contributed by atoms with Crippen LogP contribution in [-0.4, -0.2) is 28.9 Å². The van der Waals surface area contributed by atoms with Crippen LogP contribution in [0.3, 0.4) is 0 Å². The molecule has 2 aliphatic rings. The fraction of sp³-hybridized carbons (Fsp3) is 0.300. The molecule has 2 aliphatic heterocycles. The molecule has 8 nitrogen and oxygen atoms in total. The van der Waals surface area contributed by atoms with E-state index in [2.05, 4.69) is 0 Å². The summed E-state index contributed by atoms with van der Waals surface area (Å²) in [6.45, 7) is 2.00. The lowest BCUT2D eigenvalue weighted by Gasteiger charge is -2.28. The number of carbonyl (C=O) groups is 2. The number of rotatable bonds is 5. The molecule has 2 amide bonds. The summed E-state index contributed by atoms with van der Waals surface area (Å²) in [5, 5.41) is 13.0. The van der Waals surface area contributed by atoms with E-state index < -0.39 is 28.8 Å². The molecule has 2 aromatic carbocycles. The molecule has 28 heavy (non-hydrogen) atoms. The van der Waals surface area contributed by atoms with Gasteiger partial charge in [-0.05, 0) is 24.6 Å². The smallest absolute Gasteiger partial charge is 0.273 e. The minimum atomic E-state index is -0.982. The van der Waals surface area contributed by atoms with Gasteiger partial charge < -0.3 is 0 Å². The average Bonchev–Trinajstić information content (AvgIpc) is 3.19. The molecule has 2 saturated heterocycles. The largest absolute Gasteiger partial charge is 0.293 e. The maximum Gasteiger partial charge on any atom is 0.293 e. The van der Waals surface area contributed by atoms with E-state index in [-0.39, 0.29) is 17.4 Å². The Hall–Kier alpha value is -3.26. The van der Waals surface area contributed by atoms with Crippen molar-refractivity contribution in [1.82, 2.24) is 0 Å². The van der Waals surface area contributed by atoms with Crippen LogP contribution in [0.1, 0.15) is 19.8 Å². The predicted molar refractivity (Wildman–Crippen MR) is 102 cm³/mol. The molecule has 0 radical (unpaired) electrons. The zero-order valence-corrected chi connectivity index (χ0v) is 15.2. The lowest BCUT2D eigenvalue weighted by Crippen LogP contribution is -2.40. The van der Waals surface area contributed by atoms with Crippen LogP contribution < -0.4 is 9.96 Å². The van der Waals surface area contributed by atoms with Gasteiger partial charge in [0.2, 0.25) is 5.91 Å². The molecule has 2 aromatic rings. The van der Waals surface area contributed by atoms with Crippen molar-refractivity contribution in [2.75, 3.05) is 9.96 Å². The van der Waals surface area contributed by atoms with Gasteiger partial charge in [-0.2, -0.15) is 0 Å². The Kier molecular flexibility index (Phi) is 4.56. The van der Waals surface area contributed by atoms with E-state index in [4.69, 9.17) is 4.84 Å². The lowest BCUT2D eigenvalue weighted by atomic mass is 9.93. The Labute approximate surface area is 161 Å². The molecule has 2 heterocycles. The van der Waals surface area contributed by atoms with Gasteiger partial charge in [0, 0.05) is 6.07 Å². The van der Waals surface area contributed by atoms with E-state index in [1.165, 1.54) is 18.2 Å². The van der Waals surface area contributed by atoms with Crippen molar-refractivity contribution in [1.29, 1.82) is 0 Å². The fourth-order valence-electron chi connectivity index (χ4n) is 3.96. The molecule has 144 valence electrons. The van der Waals surface area contributed by atoms with Gasteiger partial charge in [0.1, 0.15) is 5.69 Å². The molecule has 0 N–H and O–H groups in total. The molecule has 2 fully saturated rings. The first-order chi connectivity index (χ1) is 13.5. The predicted octanol–water partition coefficient (Wildman–Crippen LogP) is 3.07. The van der Waals surface area contributed by atoms with Crippen LogP contribution in [0.25, 0.3) is 0 Å². The third-order valence-electron chi connectivity index (χ3n) is 5.15. The van der Waals surface area contributed by atoms with Gasteiger partial charge in [-0.15, -0.1) is 0 Å². The number of nitro groups is 1. The highest BCUT2D eigenvalue weighted by Gasteiger charge is 2.60. The second-order valence-electron chi connectivity index (χ2n) is 6.83. The number of hydrogen-bond acceptors (Lipinski definition) is 6. The van der Waals surface area contributed by atoms with Crippen molar-refractivity contribution in [3.63, 3.8) is 0 Å². The van der Waals surface area contributed by atoms with E-state index >= 15 is 0 Å². The summed E-state index contributed by atoms with van der Waals surface area (Å²) in [7, 11) is 0. The average molecular weight is 381 g/mol. The number of para-hydroxylation sites is 3. The van der Waals surface area contributed by atoms with Crippen LogP contribution >= 0.6 is 0 Å². The molecule has 0 spiro atoms. The molecule has 0 saturated carbocycles. The van der Waals surface area contributed by atoms with Gasteiger partial charge in [-0.25, -0.2) is 9.96 Å². The van der Waals surface area contributed by atoms with Crippen LogP contribution in [0.15, 0.2) is 54.6 Å². The molecule has 8 heteroatoms. The van der Waals surface area contributed by atoms with Crippen LogP contribution in [-0.2, 0) is 14.4 Å². The van der Waals surface area contributed by atoms with E-state index in [0.717, 1.165) is 17.0 Å². The monoisotopic (exact) mass is 381 g/mol. The van der Waals surface area contributed by atoms with Gasteiger partial charge in [0.25, 0.3) is 11.6 Å². The second-order valence-corrected chi connectivity index (χ2v) is 6.83. The highest BCUT2D eigenvalue weighted by Crippen LogP contribution is 2.43. The van der Waals surface area contributed by atoms with Crippen molar-refractivity contribution in [3.8, 4) is 0 Å². The number of anilines is 2. The molecule has 3 atom stereocenters. The Morgan fingerprint density at radius 1 is 1.04 bits per heavy atom. The first-order valence-electron chi connectivity index (χ1n) is 9.17. The van der Waals surface area contributed by atoms with Gasteiger partial charge >= 0.3 is 0 Å². The number of imide groups is 1. The van der Waals surface area contributed by atoms with Crippen LogP contribution in [0.2, 0.25) is 0 Å². The third-order valence-corrected chi connectivity index (χ3v) is 5.15. The summed E-state index contributed by atoms with van der Waals surface area (Å²) in [6, 6.07) is 14.8. The van der Waals surface area contributed by atoms with E-state index in [1.807, 2.05) is 37.3 Å². The van der Waals surface area contributed by atoms with Crippen LogP contribution in [0.5, 0.6) is 0 Å². The summed E-state index contributed by atoms with van der Waals surface area (Å²) in [5.41, 5.74) is 0.478. The van der Waals surface area contributed by atoms with E-state index in [9.17, 15) is 19.7 Å². The van der Waals surface area contributed by atoms with E-state index in [1.54, 1.807) is 11.1 Å². The molecular weight excluding hydrogens is 362 g/mol. The van der Waals surface area contributed by atoms with Gasteiger partial charge in [0.05, 0.1) is 22.6 Å². The number of carbonyl (C=O) groups excluding carboxylic acids is 2. The number of nitrogens with zero attached hydrogens (tertiary/aromatic N) is 3. The first kappa shape index (κ1) is 18.1. The summed E-state index contributed by atoms with van der Waals surface area (Å²) >= 11 is 0. The summed E-state index contributed by atoms with van der Waals surface area (Å²) in [4.78, 5) is 43.8. The first-order valence-corrected chi connectivity index (χ1v) is 9.17.